The summed E-state index contributed by atoms with van der Waals surface area (Å²) in [6.45, 7) is 1.90. The van der Waals surface area contributed by atoms with Crippen molar-refractivity contribution in [2.24, 2.45) is 0 Å². The third-order valence-corrected chi connectivity index (χ3v) is 2.85. The number of nitrogens with zero attached hydrogens (tertiary/aromatic N) is 1. The molecule has 0 atom stereocenters. The summed E-state index contributed by atoms with van der Waals surface area (Å²) in [7, 11) is 1.60. The lowest BCUT2D eigenvalue weighted by Crippen LogP contribution is -2.30. The fourth-order valence-corrected chi connectivity index (χ4v) is 2.00. The molecule has 2 nitrogen and oxygen atoms in total. The number of benzene rings is 1. The van der Waals surface area contributed by atoms with Crippen LogP contribution in [0, 0.1) is 5.82 Å². The summed E-state index contributed by atoms with van der Waals surface area (Å²) in [6, 6.07) is 4.91. The first-order valence-electron chi connectivity index (χ1n) is 5.40. The zero-order valence-corrected chi connectivity index (χ0v) is 9.00. The fourth-order valence-electron chi connectivity index (χ4n) is 2.00. The van der Waals surface area contributed by atoms with E-state index in [1.807, 2.05) is 0 Å². The van der Waals surface area contributed by atoms with Crippen LogP contribution in [0.4, 0.5) is 10.1 Å². The van der Waals surface area contributed by atoms with Crippen LogP contribution in [-0.2, 0) is 0 Å². The number of hydrogen-bond acceptors (Lipinski definition) is 2. The summed E-state index contributed by atoms with van der Waals surface area (Å²) in [6.07, 6.45) is 3.55. The van der Waals surface area contributed by atoms with Crippen molar-refractivity contribution in [3.05, 3.63) is 24.0 Å². The molecule has 0 bridgehead atoms. The lowest BCUT2D eigenvalue weighted by Gasteiger charge is -2.29. The van der Waals surface area contributed by atoms with E-state index in [-0.39, 0.29) is 5.82 Å². The monoisotopic (exact) mass is 209 g/mol. The molecule has 1 aliphatic rings. The molecule has 1 fully saturated rings. The fraction of sp³-hybridized carbons (Fsp3) is 0.500. The van der Waals surface area contributed by atoms with E-state index < -0.39 is 0 Å². The summed E-state index contributed by atoms with van der Waals surface area (Å²) in [4.78, 5) is 2.10. The highest BCUT2D eigenvalue weighted by Crippen LogP contribution is 2.27. The predicted octanol–water partition coefficient (Wildman–Crippen LogP) is 2.82. The Bertz CT molecular complexity index is 334. The van der Waals surface area contributed by atoms with Crippen molar-refractivity contribution in [2.75, 3.05) is 25.1 Å². The zero-order chi connectivity index (χ0) is 10.7. The Morgan fingerprint density at radius 2 is 1.93 bits per heavy atom. The molecular weight excluding hydrogens is 193 g/mol. The van der Waals surface area contributed by atoms with Crippen molar-refractivity contribution in [1.29, 1.82) is 0 Å². The van der Waals surface area contributed by atoms with E-state index in [1.54, 1.807) is 19.2 Å². The largest absolute Gasteiger partial charge is 0.497 e. The zero-order valence-electron chi connectivity index (χ0n) is 9.00. The normalized spacial score (nSPS) is 16.5. The Balaban J connectivity index is 2.24. The number of ether oxygens (including phenoxy) is 1. The second-order valence-corrected chi connectivity index (χ2v) is 3.87. The Morgan fingerprint density at radius 1 is 1.20 bits per heavy atom. The van der Waals surface area contributed by atoms with E-state index in [9.17, 15) is 4.39 Å². The average Bonchev–Trinajstić information content (AvgIpc) is 2.31. The van der Waals surface area contributed by atoms with Crippen LogP contribution in [0.25, 0.3) is 0 Å². The van der Waals surface area contributed by atoms with E-state index in [0.29, 0.717) is 5.69 Å². The van der Waals surface area contributed by atoms with Gasteiger partial charge in [-0.05, 0) is 31.4 Å². The van der Waals surface area contributed by atoms with Crippen LogP contribution in [0.2, 0.25) is 0 Å². The third-order valence-electron chi connectivity index (χ3n) is 2.85. The van der Waals surface area contributed by atoms with Gasteiger partial charge in [0, 0.05) is 19.2 Å². The Hall–Kier alpha value is -1.25. The van der Waals surface area contributed by atoms with Gasteiger partial charge in [-0.2, -0.15) is 0 Å². The van der Waals surface area contributed by atoms with Crippen molar-refractivity contribution in [3.8, 4) is 5.75 Å². The second-order valence-electron chi connectivity index (χ2n) is 3.87. The lowest BCUT2D eigenvalue weighted by molar-refractivity contribution is 0.413. The first-order chi connectivity index (χ1) is 7.31. The van der Waals surface area contributed by atoms with Crippen molar-refractivity contribution in [2.45, 2.75) is 19.3 Å². The van der Waals surface area contributed by atoms with Gasteiger partial charge in [0.1, 0.15) is 11.6 Å². The molecule has 1 saturated heterocycles. The smallest absolute Gasteiger partial charge is 0.146 e. The summed E-state index contributed by atoms with van der Waals surface area (Å²) < 4.78 is 18.7. The number of anilines is 1. The SMILES string of the molecule is COc1ccc(F)c(N2CCCCC2)c1. The van der Waals surface area contributed by atoms with Gasteiger partial charge in [0.25, 0.3) is 0 Å². The van der Waals surface area contributed by atoms with Gasteiger partial charge in [0.2, 0.25) is 0 Å². The minimum atomic E-state index is -0.155. The first kappa shape index (κ1) is 10.3. The molecule has 1 heterocycles. The maximum atomic E-state index is 13.6. The van der Waals surface area contributed by atoms with Crippen LogP contribution in [0.3, 0.4) is 0 Å². The van der Waals surface area contributed by atoms with Crippen LogP contribution in [0.15, 0.2) is 18.2 Å². The van der Waals surface area contributed by atoms with Crippen molar-refractivity contribution in [1.82, 2.24) is 0 Å². The van der Waals surface area contributed by atoms with Gasteiger partial charge < -0.3 is 9.64 Å². The molecule has 0 unspecified atom stereocenters. The highest BCUT2D eigenvalue weighted by Gasteiger charge is 2.15. The van der Waals surface area contributed by atoms with Crippen molar-refractivity contribution >= 4 is 5.69 Å². The first-order valence-corrected chi connectivity index (χ1v) is 5.40. The van der Waals surface area contributed by atoms with Crippen LogP contribution in [0.1, 0.15) is 19.3 Å². The Labute approximate surface area is 89.7 Å². The molecular formula is C12H16FNO. The van der Waals surface area contributed by atoms with Crippen LogP contribution >= 0.6 is 0 Å². The summed E-state index contributed by atoms with van der Waals surface area (Å²) in [5.74, 6) is 0.565. The number of rotatable bonds is 2. The highest BCUT2D eigenvalue weighted by atomic mass is 19.1. The number of hydrogen-bond donors (Lipinski definition) is 0. The van der Waals surface area contributed by atoms with Gasteiger partial charge in [-0.15, -0.1) is 0 Å². The van der Waals surface area contributed by atoms with E-state index in [4.69, 9.17) is 4.74 Å². The topological polar surface area (TPSA) is 12.5 Å². The lowest BCUT2D eigenvalue weighted by atomic mass is 10.1. The van der Waals surface area contributed by atoms with Gasteiger partial charge in [-0.25, -0.2) is 4.39 Å². The third kappa shape index (κ3) is 2.22. The van der Waals surface area contributed by atoms with Crippen LogP contribution in [-0.4, -0.2) is 20.2 Å². The maximum Gasteiger partial charge on any atom is 0.146 e. The number of halogens is 1. The minimum Gasteiger partial charge on any atom is -0.497 e. The van der Waals surface area contributed by atoms with Gasteiger partial charge in [0.15, 0.2) is 0 Å². The molecule has 3 heteroatoms. The van der Waals surface area contributed by atoms with E-state index >= 15 is 0 Å². The molecule has 0 aliphatic carbocycles. The molecule has 0 saturated carbocycles. The molecule has 0 spiro atoms. The summed E-state index contributed by atoms with van der Waals surface area (Å²) in [5.41, 5.74) is 0.675. The van der Waals surface area contributed by atoms with Gasteiger partial charge in [-0.3, -0.25) is 0 Å². The second kappa shape index (κ2) is 4.51. The molecule has 0 aromatic heterocycles. The molecule has 1 aromatic rings. The van der Waals surface area contributed by atoms with Crippen molar-refractivity contribution < 1.29 is 9.13 Å². The predicted molar refractivity (Wildman–Crippen MR) is 59.0 cm³/mol. The Morgan fingerprint density at radius 3 is 2.60 bits per heavy atom. The molecule has 15 heavy (non-hydrogen) atoms. The molecule has 1 aliphatic heterocycles. The molecule has 0 radical (unpaired) electrons. The van der Waals surface area contributed by atoms with Gasteiger partial charge >= 0.3 is 0 Å². The van der Waals surface area contributed by atoms with Crippen LogP contribution in [0.5, 0.6) is 5.75 Å². The van der Waals surface area contributed by atoms with Crippen LogP contribution < -0.4 is 9.64 Å². The summed E-state index contributed by atoms with van der Waals surface area (Å²) in [5, 5.41) is 0. The molecule has 1 aromatic carbocycles. The standard InChI is InChI=1S/C12H16FNO/c1-15-10-5-6-11(13)12(9-10)14-7-3-2-4-8-14/h5-6,9H,2-4,7-8H2,1H3. The van der Waals surface area contributed by atoms with E-state index in [0.717, 1.165) is 31.7 Å². The van der Waals surface area contributed by atoms with E-state index in [2.05, 4.69) is 4.90 Å². The van der Waals surface area contributed by atoms with Gasteiger partial charge in [-0.1, -0.05) is 0 Å². The number of piperidine rings is 1. The molecule has 0 N–H and O–H groups in total. The quantitative estimate of drug-likeness (QED) is 0.742. The molecule has 0 amide bonds. The highest BCUT2D eigenvalue weighted by molar-refractivity contribution is 5.52. The molecule has 82 valence electrons. The summed E-state index contributed by atoms with van der Waals surface area (Å²) >= 11 is 0. The molecule has 2 rings (SSSR count). The minimum absolute atomic E-state index is 0.155. The number of methoxy groups -OCH3 is 1. The Kier molecular flexibility index (Phi) is 3.09. The van der Waals surface area contributed by atoms with Gasteiger partial charge in [0.05, 0.1) is 12.8 Å². The van der Waals surface area contributed by atoms with E-state index in [1.165, 1.54) is 12.5 Å². The maximum absolute atomic E-state index is 13.6. The average molecular weight is 209 g/mol. The van der Waals surface area contributed by atoms with Crippen molar-refractivity contribution in [3.63, 3.8) is 0 Å².